The van der Waals surface area contributed by atoms with Crippen LogP contribution in [0.5, 0.6) is 0 Å². The number of pyridine rings is 1. The summed E-state index contributed by atoms with van der Waals surface area (Å²) in [6.07, 6.45) is 5.90. The first-order valence-electron chi connectivity index (χ1n) is 13.1. The molecule has 1 fully saturated rings. The molecule has 4 aromatic rings. The lowest BCUT2D eigenvalue weighted by Gasteiger charge is -2.28. The molecule has 0 saturated heterocycles. The van der Waals surface area contributed by atoms with Gasteiger partial charge in [-0.05, 0) is 73.7 Å². The van der Waals surface area contributed by atoms with E-state index < -0.39 is 11.9 Å². The number of carbonyl (C=O) groups excluding carboxylic acids is 3. The molecule has 0 spiro atoms. The van der Waals surface area contributed by atoms with Gasteiger partial charge in [0.15, 0.2) is 5.65 Å². The second-order valence-electron chi connectivity index (χ2n) is 10.3. The highest BCUT2D eigenvalue weighted by molar-refractivity contribution is 6.31. The summed E-state index contributed by atoms with van der Waals surface area (Å²) in [5.74, 6) is -1.34. The fourth-order valence-corrected chi connectivity index (χ4v) is 5.91. The fraction of sp³-hybridized carbons (Fsp3) is 0.276. The lowest BCUT2D eigenvalue weighted by Crippen LogP contribution is -2.38. The Kier molecular flexibility index (Phi) is 6.71. The van der Waals surface area contributed by atoms with Gasteiger partial charge in [0.1, 0.15) is 12.1 Å². The van der Waals surface area contributed by atoms with Crippen LogP contribution in [0.3, 0.4) is 0 Å². The van der Waals surface area contributed by atoms with Gasteiger partial charge in [-0.2, -0.15) is 5.10 Å². The first-order chi connectivity index (χ1) is 19.3. The molecule has 1 atom stereocenters. The first-order valence-corrected chi connectivity index (χ1v) is 13.5. The van der Waals surface area contributed by atoms with Crippen LogP contribution in [-0.2, 0) is 9.59 Å². The van der Waals surface area contributed by atoms with Crippen molar-refractivity contribution in [1.29, 1.82) is 0 Å². The van der Waals surface area contributed by atoms with Gasteiger partial charge in [0.25, 0.3) is 5.91 Å². The van der Waals surface area contributed by atoms with E-state index in [1.807, 2.05) is 18.2 Å². The Balaban J connectivity index is 1.39. The Morgan fingerprint density at radius 3 is 2.65 bits per heavy atom. The lowest BCUT2D eigenvalue weighted by atomic mass is 9.85. The van der Waals surface area contributed by atoms with Gasteiger partial charge in [-0.3, -0.25) is 14.4 Å². The predicted molar refractivity (Wildman–Crippen MR) is 147 cm³/mol. The number of hydrogen-bond acceptors (Lipinski definition) is 5. The van der Waals surface area contributed by atoms with Crippen LogP contribution in [0.2, 0.25) is 5.02 Å². The molecule has 2 aromatic carbocycles. The largest absolute Gasteiger partial charge is 0.354 e. The van der Waals surface area contributed by atoms with Crippen LogP contribution in [0.25, 0.3) is 16.8 Å². The molecule has 3 N–H and O–H groups in total. The van der Waals surface area contributed by atoms with Crippen LogP contribution in [0.4, 0.5) is 10.1 Å². The van der Waals surface area contributed by atoms with Crippen molar-refractivity contribution in [3.8, 4) is 11.1 Å². The van der Waals surface area contributed by atoms with Crippen molar-refractivity contribution in [2.75, 3.05) is 5.32 Å². The molecule has 204 valence electrons. The molecular weight excluding hydrogens is 535 g/mol. The number of benzene rings is 2. The minimum atomic E-state index is -0.747. The van der Waals surface area contributed by atoms with E-state index in [0.717, 1.165) is 5.56 Å². The van der Waals surface area contributed by atoms with Crippen LogP contribution in [0, 0.1) is 11.7 Å². The summed E-state index contributed by atoms with van der Waals surface area (Å²) in [6, 6.07) is 10.6. The molecule has 0 bridgehead atoms. The summed E-state index contributed by atoms with van der Waals surface area (Å²) in [5, 5.41) is 13.4. The molecule has 0 radical (unpaired) electrons. The van der Waals surface area contributed by atoms with E-state index in [2.05, 4.69) is 26.0 Å². The number of hydrogen-bond donors (Lipinski definition) is 3. The Labute approximate surface area is 234 Å². The minimum absolute atomic E-state index is 0.0575. The summed E-state index contributed by atoms with van der Waals surface area (Å²) in [4.78, 5) is 42.4. The third-order valence-electron chi connectivity index (χ3n) is 7.63. The molecule has 40 heavy (non-hydrogen) atoms. The Bertz CT molecular complexity index is 1660. The molecule has 1 aliphatic carbocycles. The molecule has 1 saturated carbocycles. The van der Waals surface area contributed by atoms with E-state index in [-0.39, 0.29) is 29.7 Å². The average Bonchev–Trinajstić information content (AvgIpc) is 3.54. The third kappa shape index (κ3) is 4.90. The lowest BCUT2D eigenvalue weighted by molar-refractivity contribution is -0.121. The molecule has 2 aromatic heterocycles. The Morgan fingerprint density at radius 2 is 1.88 bits per heavy atom. The second-order valence-corrected chi connectivity index (χ2v) is 10.7. The summed E-state index contributed by atoms with van der Waals surface area (Å²) in [5.41, 5.74) is 3.89. The van der Waals surface area contributed by atoms with Gasteiger partial charge in [-0.15, -0.1) is 0 Å². The predicted octanol–water partition coefficient (Wildman–Crippen LogP) is 4.66. The maximum absolute atomic E-state index is 14.2. The van der Waals surface area contributed by atoms with Crippen LogP contribution >= 0.6 is 11.6 Å². The van der Waals surface area contributed by atoms with E-state index in [1.165, 1.54) is 31.5 Å². The van der Waals surface area contributed by atoms with E-state index in [0.29, 0.717) is 64.3 Å². The van der Waals surface area contributed by atoms with E-state index in [4.69, 9.17) is 11.6 Å². The van der Waals surface area contributed by atoms with E-state index >= 15 is 0 Å². The summed E-state index contributed by atoms with van der Waals surface area (Å²) in [6.45, 7) is 1.49. The van der Waals surface area contributed by atoms with Crippen molar-refractivity contribution in [3.63, 3.8) is 0 Å². The zero-order valence-corrected chi connectivity index (χ0v) is 22.3. The Morgan fingerprint density at radius 1 is 1.07 bits per heavy atom. The van der Waals surface area contributed by atoms with Crippen molar-refractivity contribution in [2.45, 2.75) is 44.7 Å². The molecule has 1 unspecified atom stereocenters. The van der Waals surface area contributed by atoms with Gasteiger partial charge >= 0.3 is 0 Å². The second kappa shape index (κ2) is 10.3. The zero-order chi connectivity index (χ0) is 28.0. The van der Waals surface area contributed by atoms with Gasteiger partial charge in [0.05, 0.1) is 6.04 Å². The molecule has 1 aliphatic heterocycles. The number of carbonyl (C=O) groups is 3. The maximum atomic E-state index is 14.2. The average molecular weight is 561 g/mol. The minimum Gasteiger partial charge on any atom is -0.354 e. The highest BCUT2D eigenvalue weighted by Crippen LogP contribution is 2.42. The molecular formula is C29H26ClFN6O3. The number of aromatic nitrogens is 3. The van der Waals surface area contributed by atoms with Crippen LogP contribution in [-0.4, -0.2) is 38.4 Å². The summed E-state index contributed by atoms with van der Waals surface area (Å²) < 4.78 is 15.9. The smallest absolute Gasteiger partial charge is 0.252 e. The third-order valence-corrected chi connectivity index (χ3v) is 7.97. The first kappa shape index (κ1) is 25.9. The quantitative estimate of drug-likeness (QED) is 0.328. The van der Waals surface area contributed by atoms with Gasteiger partial charge in [-0.25, -0.2) is 13.9 Å². The molecule has 3 heterocycles. The monoisotopic (exact) mass is 560 g/mol. The van der Waals surface area contributed by atoms with Crippen molar-refractivity contribution < 1.29 is 18.8 Å². The normalized spacial score (nSPS) is 20.2. The van der Waals surface area contributed by atoms with Crippen molar-refractivity contribution in [1.82, 2.24) is 25.2 Å². The molecule has 9 nitrogen and oxygen atoms in total. The fourth-order valence-electron chi connectivity index (χ4n) is 5.68. The molecule has 3 amide bonds. The van der Waals surface area contributed by atoms with Crippen molar-refractivity contribution in [3.05, 3.63) is 82.5 Å². The van der Waals surface area contributed by atoms with Crippen LogP contribution in [0.15, 0.2) is 55.0 Å². The van der Waals surface area contributed by atoms with E-state index in [9.17, 15) is 18.8 Å². The summed E-state index contributed by atoms with van der Waals surface area (Å²) in [7, 11) is 0. The standard InChI is InChI=1S/C29H26ClFN6O3/c1-15(38)34-20-6-2-16(3-7-20)28(39)35-24-11-18(17-4-9-25-32-14-33-37(25)13-17)10-22-26(24)27(36-29(22)40)21-12-19(31)5-8-23(21)30/h4-5,8-14,16,20,27H,2-3,6-7H2,1H3,(H,34,38)(H,35,39)(H,36,40). The molecule has 6 rings (SSSR count). The Hall–Kier alpha value is -4.31. The topological polar surface area (TPSA) is 117 Å². The highest BCUT2D eigenvalue weighted by atomic mass is 35.5. The van der Waals surface area contributed by atoms with Gasteiger partial charge in [0, 0.05) is 58.0 Å². The molecule has 2 aliphatic rings. The summed E-state index contributed by atoms with van der Waals surface area (Å²) >= 11 is 6.44. The number of halogens is 2. The number of rotatable bonds is 5. The SMILES string of the molecule is CC(=O)NC1CCC(C(=O)Nc2cc(-c3ccc4ncnn4c3)cc3c2C(c2cc(F)ccc2Cl)NC3=O)CC1. The zero-order valence-electron chi connectivity index (χ0n) is 21.6. The highest BCUT2D eigenvalue weighted by Gasteiger charge is 2.36. The van der Waals surface area contributed by atoms with Crippen LogP contribution < -0.4 is 16.0 Å². The van der Waals surface area contributed by atoms with Crippen LogP contribution in [0.1, 0.15) is 60.1 Å². The number of fused-ring (bicyclic) bond motifs is 2. The molecule has 11 heteroatoms. The van der Waals surface area contributed by atoms with Gasteiger partial charge in [0.2, 0.25) is 11.8 Å². The number of nitrogens with zero attached hydrogens (tertiary/aromatic N) is 3. The maximum Gasteiger partial charge on any atom is 0.252 e. The number of amides is 3. The van der Waals surface area contributed by atoms with E-state index in [1.54, 1.807) is 16.8 Å². The number of anilines is 1. The van der Waals surface area contributed by atoms with Crippen molar-refractivity contribution >= 4 is 40.7 Å². The van der Waals surface area contributed by atoms with Gasteiger partial charge < -0.3 is 16.0 Å². The van der Waals surface area contributed by atoms with Crippen molar-refractivity contribution in [2.24, 2.45) is 5.92 Å². The number of nitrogens with one attached hydrogen (secondary N) is 3. The van der Waals surface area contributed by atoms with Gasteiger partial charge in [-0.1, -0.05) is 11.6 Å².